The Balaban J connectivity index is 1.68. The Kier molecular flexibility index (Phi) is 3.37. The Morgan fingerprint density at radius 2 is 2.05 bits per heavy atom. The van der Waals surface area contributed by atoms with E-state index in [1.54, 1.807) is 6.33 Å². The molecule has 2 unspecified atom stereocenters. The van der Waals surface area contributed by atoms with E-state index in [0.717, 1.165) is 18.5 Å². The van der Waals surface area contributed by atoms with Crippen LogP contribution in [0.25, 0.3) is 11.2 Å². The van der Waals surface area contributed by atoms with Crippen LogP contribution in [0.4, 0.5) is 11.8 Å². The summed E-state index contributed by atoms with van der Waals surface area (Å²) < 4.78 is 7.91. The molecule has 3 heterocycles. The molecule has 22 heavy (non-hydrogen) atoms. The van der Waals surface area contributed by atoms with Crippen LogP contribution in [0.5, 0.6) is 0 Å². The maximum Gasteiger partial charge on any atom is 0.226 e. The van der Waals surface area contributed by atoms with E-state index in [2.05, 4.69) is 27.2 Å². The van der Waals surface area contributed by atoms with Crippen LogP contribution in [-0.2, 0) is 4.74 Å². The summed E-state index contributed by atoms with van der Waals surface area (Å²) in [5.74, 6) is 1.03. The van der Waals surface area contributed by atoms with Crippen LogP contribution >= 0.6 is 0 Å². The Hall–Kier alpha value is -1.89. The topological polar surface area (TPSA) is 90.9 Å². The molecule has 1 aliphatic heterocycles. The molecule has 0 radical (unpaired) electrons. The molecule has 2 aromatic rings. The summed E-state index contributed by atoms with van der Waals surface area (Å²) in [7, 11) is 0. The minimum Gasteiger partial charge on any atom is -0.382 e. The average molecular weight is 302 g/mol. The maximum atomic E-state index is 6.06. The van der Waals surface area contributed by atoms with E-state index in [-0.39, 0.29) is 12.3 Å². The largest absolute Gasteiger partial charge is 0.382 e. The summed E-state index contributed by atoms with van der Waals surface area (Å²) in [6.45, 7) is 2.09. The Morgan fingerprint density at radius 3 is 2.77 bits per heavy atom. The highest BCUT2D eigenvalue weighted by molar-refractivity contribution is 5.82. The number of ether oxygens (including phenoxy) is 1. The predicted octanol–water partition coefficient (Wildman–Crippen LogP) is 2.46. The van der Waals surface area contributed by atoms with Crippen molar-refractivity contribution < 1.29 is 4.74 Å². The fourth-order valence-corrected chi connectivity index (χ4v) is 3.45. The molecule has 4 rings (SSSR count). The van der Waals surface area contributed by atoms with Crippen molar-refractivity contribution >= 4 is 22.9 Å². The molecule has 0 aromatic carbocycles. The average Bonchev–Trinajstić information content (AvgIpc) is 3.19. The number of hydrogen-bond donors (Lipinski definition) is 2. The highest BCUT2D eigenvalue weighted by Gasteiger charge is 2.26. The quantitative estimate of drug-likeness (QED) is 0.905. The SMILES string of the molecule is CC1CCC(n2cnc3c(N)nc(NC4CCCC4)nc32)O1. The lowest BCUT2D eigenvalue weighted by molar-refractivity contribution is 0.0132. The molecule has 118 valence electrons. The van der Waals surface area contributed by atoms with Gasteiger partial charge in [-0.15, -0.1) is 0 Å². The lowest BCUT2D eigenvalue weighted by Gasteiger charge is -2.15. The zero-order valence-electron chi connectivity index (χ0n) is 12.8. The molecule has 2 atom stereocenters. The van der Waals surface area contributed by atoms with Gasteiger partial charge < -0.3 is 15.8 Å². The van der Waals surface area contributed by atoms with Crippen molar-refractivity contribution in [3.05, 3.63) is 6.33 Å². The number of fused-ring (bicyclic) bond motifs is 1. The van der Waals surface area contributed by atoms with Gasteiger partial charge >= 0.3 is 0 Å². The fraction of sp³-hybridized carbons (Fsp3) is 0.667. The van der Waals surface area contributed by atoms with Crippen LogP contribution in [0.3, 0.4) is 0 Å². The second kappa shape index (κ2) is 5.39. The predicted molar refractivity (Wildman–Crippen MR) is 84.4 cm³/mol. The van der Waals surface area contributed by atoms with Gasteiger partial charge in [-0.05, 0) is 32.6 Å². The number of nitrogens with one attached hydrogen (secondary N) is 1. The molecule has 1 saturated heterocycles. The smallest absolute Gasteiger partial charge is 0.226 e. The van der Waals surface area contributed by atoms with Gasteiger partial charge in [0.15, 0.2) is 11.5 Å². The number of imidazole rings is 1. The molecule has 2 aromatic heterocycles. The summed E-state index contributed by atoms with van der Waals surface area (Å²) in [5, 5.41) is 3.41. The van der Waals surface area contributed by atoms with Gasteiger partial charge in [-0.1, -0.05) is 12.8 Å². The number of rotatable bonds is 3. The zero-order chi connectivity index (χ0) is 15.1. The van der Waals surface area contributed by atoms with Gasteiger partial charge in [-0.2, -0.15) is 9.97 Å². The highest BCUT2D eigenvalue weighted by Crippen LogP contribution is 2.31. The number of anilines is 2. The van der Waals surface area contributed by atoms with Gasteiger partial charge in [0, 0.05) is 6.04 Å². The van der Waals surface area contributed by atoms with Crippen molar-refractivity contribution in [1.29, 1.82) is 0 Å². The third-order valence-corrected chi connectivity index (χ3v) is 4.66. The zero-order valence-corrected chi connectivity index (χ0v) is 12.8. The van der Waals surface area contributed by atoms with Crippen LogP contribution < -0.4 is 11.1 Å². The molecule has 1 aliphatic carbocycles. The lowest BCUT2D eigenvalue weighted by atomic mass is 10.2. The molecule has 0 amide bonds. The minimum atomic E-state index is -0.00590. The van der Waals surface area contributed by atoms with Gasteiger partial charge in [0.05, 0.1) is 12.4 Å². The van der Waals surface area contributed by atoms with Crippen molar-refractivity contribution in [1.82, 2.24) is 19.5 Å². The number of hydrogen-bond acceptors (Lipinski definition) is 6. The van der Waals surface area contributed by atoms with E-state index < -0.39 is 0 Å². The summed E-state index contributed by atoms with van der Waals surface area (Å²) >= 11 is 0. The lowest BCUT2D eigenvalue weighted by Crippen LogP contribution is -2.18. The summed E-state index contributed by atoms with van der Waals surface area (Å²) in [6.07, 6.45) is 8.93. The Bertz CT molecular complexity index is 678. The van der Waals surface area contributed by atoms with Crippen molar-refractivity contribution in [2.24, 2.45) is 0 Å². The van der Waals surface area contributed by atoms with Crippen LogP contribution in [-0.4, -0.2) is 31.7 Å². The molecule has 7 nitrogen and oxygen atoms in total. The molecule has 2 aliphatic rings. The second-order valence-corrected chi connectivity index (χ2v) is 6.36. The van der Waals surface area contributed by atoms with E-state index in [9.17, 15) is 0 Å². The van der Waals surface area contributed by atoms with E-state index in [1.165, 1.54) is 25.7 Å². The van der Waals surface area contributed by atoms with Crippen molar-refractivity contribution in [3.8, 4) is 0 Å². The standard InChI is InChI=1S/C15H22N6O/c1-9-6-7-11(22-9)21-8-17-12-13(16)19-15(20-14(12)21)18-10-4-2-3-5-10/h8-11H,2-7H2,1H3,(H3,16,18,19,20). The van der Waals surface area contributed by atoms with Crippen molar-refractivity contribution in [2.45, 2.75) is 63.8 Å². The molecule has 0 spiro atoms. The summed E-state index contributed by atoms with van der Waals surface area (Å²) in [5.41, 5.74) is 7.47. The first-order valence-corrected chi connectivity index (χ1v) is 8.13. The van der Waals surface area contributed by atoms with Crippen LogP contribution in [0.1, 0.15) is 51.7 Å². The highest BCUT2D eigenvalue weighted by atomic mass is 16.5. The second-order valence-electron chi connectivity index (χ2n) is 6.36. The molecule has 1 saturated carbocycles. The maximum absolute atomic E-state index is 6.06. The first-order chi connectivity index (χ1) is 10.7. The number of aromatic nitrogens is 4. The van der Waals surface area contributed by atoms with Crippen molar-refractivity contribution in [3.63, 3.8) is 0 Å². The third-order valence-electron chi connectivity index (χ3n) is 4.66. The number of nitrogen functional groups attached to an aromatic ring is 1. The summed E-state index contributed by atoms with van der Waals surface area (Å²) in [4.78, 5) is 13.4. The molecular weight excluding hydrogens is 280 g/mol. The molecule has 3 N–H and O–H groups in total. The van der Waals surface area contributed by atoms with Crippen LogP contribution in [0.15, 0.2) is 6.33 Å². The van der Waals surface area contributed by atoms with E-state index in [0.29, 0.717) is 23.3 Å². The molecular formula is C15H22N6O. The molecule has 7 heteroatoms. The third kappa shape index (κ3) is 2.39. The fourth-order valence-electron chi connectivity index (χ4n) is 3.45. The monoisotopic (exact) mass is 302 g/mol. The van der Waals surface area contributed by atoms with E-state index in [4.69, 9.17) is 10.5 Å². The van der Waals surface area contributed by atoms with Gasteiger partial charge in [-0.3, -0.25) is 4.57 Å². The normalized spacial score (nSPS) is 26.0. The minimum absolute atomic E-state index is 0.00590. The van der Waals surface area contributed by atoms with Crippen molar-refractivity contribution in [2.75, 3.05) is 11.1 Å². The van der Waals surface area contributed by atoms with Crippen LogP contribution in [0.2, 0.25) is 0 Å². The van der Waals surface area contributed by atoms with Gasteiger partial charge in [0.1, 0.15) is 11.7 Å². The first kappa shape index (κ1) is 13.8. The van der Waals surface area contributed by atoms with Gasteiger partial charge in [0.25, 0.3) is 0 Å². The summed E-state index contributed by atoms with van der Waals surface area (Å²) in [6, 6.07) is 0.455. The van der Waals surface area contributed by atoms with Gasteiger partial charge in [0.2, 0.25) is 5.95 Å². The first-order valence-electron chi connectivity index (χ1n) is 8.13. The van der Waals surface area contributed by atoms with Crippen LogP contribution in [0, 0.1) is 0 Å². The molecule has 0 bridgehead atoms. The number of nitrogens with zero attached hydrogens (tertiary/aromatic N) is 4. The Morgan fingerprint density at radius 1 is 1.23 bits per heavy atom. The number of nitrogens with two attached hydrogens (primary N) is 1. The van der Waals surface area contributed by atoms with E-state index >= 15 is 0 Å². The molecule has 2 fully saturated rings. The Labute approximate surface area is 129 Å². The van der Waals surface area contributed by atoms with Gasteiger partial charge in [-0.25, -0.2) is 4.98 Å². The van der Waals surface area contributed by atoms with E-state index in [1.807, 2.05) is 4.57 Å².